The second-order valence-electron chi connectivity index (χ2n) is 3.78. The highest BCUT2D eigenvalue weighted by Gasteiger charge is 2.23. The number of hydrogen-bond acceptors (Lipinski definition) is 3. The van der Waals surface area contributed by atoms with E-state index in [4.69, 9.17) is 28.9 Å². The Bertz CT molecular complexity index is 501. The fourth-order valence-electron chi connectivity index (χ4n) is 1.70. The van der Waals surface area contributed by atoms with Crippen LogP contribution in [0.2, 0.25) is 10.0 Å². The van der Waals surface area contributed by atoms with E-state index < -0.39 is 5.91 Å². The van der Waals surface area contributed by atoms with Crippen molar-refractivity contribution in [1.82, 2.24) is 4.90 Å². The Morgan fingerprint density at radius 3 is 2.65 bits per heavy atom. The molecule has 2 rings (SSSR count). The topological polar surface area (TPSA) is 49.6 Å². The summed E-state index contributed by atoms with van der Waals surface area (Å²) in [7, 11) is 1.79. The van der Waals surface area contributed by atoms with Gasteiger partial charge in [0.1, 0.15) is 5.70 Å². The first-order valence-corrected chi connectivity index (χ1v) is 5.69. The van der Waals surface area contributed by atoms with Gasteiger partial charge in [0.25, 0.3) is 5.91 Å². The predicted molar refractivity (Wildman–Crippen MR) is 68.8 cm³/mol. The van der Waals surface area contributed by atoms with Gasteiger partial charge < -0.3 is 15.5 Å². The average molecular weight is 272 g/mol. The van der Waals surface area contributed by atoms with Crippen molar-refractivity contribution < 1.29 is 4.79 Å². The molecule has 17 heavy (non-hydrogen) atoms. The lowest BCUT2D eigenvalue weighted by atomic mass is 10.3. The van der Waals surface area contributed by atoms with E-state index in [1.54, 1.807) is 36.3 Å². The van der Waals surface area contributed by atoms with Gasteiger partial charge in [-0.2, -0.15) is 0 Å². The number of rotatable bonds is 2. The van der Waals surface area contributed by atoms with Gasteiger partial charge in [-0.05, 0) is 18.2 Å². The van der Waals surface area contributed by atoms with E-state index in [0.717, 1.165) is 5.69 Å². The van der Waals surface area contributed by atoms with E-state index in [0.29, 0.717) is 22.4 Å². The summed E-state index contributed by atoms with van der Waals surface area (Å²) in [4.78, 5) is 14.8. The SMILES string of the molecule is CN1CN(c2ccc(Cl)cc2Cl)C=C1C(N)=O. The Morgan fingerprint density at radius 1 is 1.41 bits per heavy atom. The number of benzene rings is 1. The quantitative estimate of drug-likeness (QED) is 0.896. The monoisotopic (exact) mass is 271 g/mol. The van der Waals surface area contributed by atoms with Gasteiger partial charge in [-0.3, -0.25) is 4.79 Å². The highest BCUT2D eigenvalue weighted by Crippen LogP contribution is 2.31. The minimum Gasteiger partial charge on any atom is -0.364 e. The van der Waals surface area contributed by atoms with E-state index in [2.05, 4.69) is 0 Å². The van der Waals surface area contributed by atoms with Crippen LogP contribution in [-0.4, -0.2) is 24.5 Å². The molecule has 0 aliphatic carbocycles. The first kappa shape index (κ1) is 12.1. The summed E-state index contributed by atoms with van der Waals surface area (Å²) in [6, 6.07) is 5.21. The van der Waals surface area contributed by atoms with Crippen molar-refractivity contribution in [3.05, 3.63) is 40.1 Å². The molecule has 0 bridgehead atoms. The van der Waals surface area contributed by atoms with E-state index >= 15 is 0 Å². The summed E-state index contributed by atoms with van der Waals surface area (Å²) in [5.74, 6) is -0.458. The third-order valence-electron chi connectivity index (χ3n) is 2.53. The van der Waals surface area contributed by atoms with E-state index in [-0.39, 0.29) is 0 Å². The van der Waals surface area contributed by atoms with Crippen LogP contribution in [0.3, 0.4) is 0 Å². The Morgan fingerprint density at radius 2 is 2.12 bits per heavy atom. The van der Waals surface area contributed by atoms with Crippen LogP contribution in [-0.2, 0) is 4.79 Å². The molecule has 1 aliphatic rings. The third kappa shape index (κ3) is 2.33. The molecule has 0 radical (unpaired) electrons. The van der Waals surface area contributed by atoms with Crippen molar-refractivity contribution in [1.29, 1.82) is 0 Å². The number of anilines is 1. The molecule has 0 spiro atoms. The van der Waals surface area contributed by atoms with Crippen molar-refractivity contribution in [2.45, 2.75) is 0 Å². The number of amides is 1. The van der Waals surface area contributed by atoms with Crippen LogP contribution in [0.15, 0.2) is 30.1 Å². The molecule has 0 fully saturated rings. The standard InChI is InChI=1S/C11H11Cl2N3O/c1-15-6-16(5-10(15)11(14)17)9-3-2-7(12)4-8(9)13/h2-5H,6H2,1H3,(H2,14,17). The molecule has 6 heteroatoms. The fourth-order valence-corrected chi connectivity index (χ4v) is 2.22. The summed E-state index contributed by atoms with van der Waals surface area (Å²) in [6.07, 6.45) is 1.68. The summed E-state index contributed by atoms with van der Waals surface area (Å²) < 4.78 is 0. The van der Waals surface area contributed by atoms with E-state index in [1.165, 1.54) is 0 Å². The van der Waals surface area contributed by atoms with E-state index in [9.17, 15) is 4.79 Å². The van der Waals surface area contributed by atoms with Gasteiger partial charge in [-0.25, -0.2) is 0 Å². The zero-order valence-electron chi connectivity index (χ0n) is 9.15. The molecule has 0 aromatic heterocycles. The summed E-state index contributed by atoms with van der Waals surface area (Å²) in [6.45, 7) is 0.527. The van der Waals surface area contributed by atoms with Gasteiger partial charge in [0.05, 0.1) is 17.4 Å². The van der Waals surface area contributed by atoms with Gasteiger partial charge in [0.2, 0.25) is 0 Å². The molecule has 0 atom stereocenters. The van der Waals surface area contributed by atoms with Crippen molar-refractivity contribution in [3.8, 4) is 0 Å². The molecule has 0 unspecified atom stereocenters. The van der Waals surface area contributed by atoms with Crippen molar-refractivity contribution in [2.75, 3.05) is 18.6 Å². The second-order valence-corrected chi connectivity index (χ2v) is 4.63. The van der Waals surface area contributed by atoms with Crippen LogP contribution in [0.1, 0.15) is 0 Å². The maximum absolute atomic E-state index is 11.2. The predicted octanol–water partition coefficient (Wildman–Crippen LogP) is 2.03. The van der Waals surface area contributed by atoms with Crippen LogP contribution in [0.25, 0.3) is 0 Å². The maximum atomic E-state index is 11.2. The molecule has 0 saturated carbocycles. The largest absolute Gasteiger partial charge is 0.364 e. The first-order valence-electron chi connectivity index (χ1n) is 4.93. The number of hydrogen-bond donors (Lipinski definition) is 1. The number of nitrogens with two attached hydrogens (primary N) is 1. The Kier molecular flexibility index (Phi) is 3.17. The Hall–Kier alpha value is -1.39. The summed E-state index contributed by atoms with van der Waals surface area (Å²) in [5.41, 5.74) is 6.51. The van der Waals surface area contributed by atoms with Gasteiger partial charge in [-0.15, -0.1) is 0 Å². The van der Waals surface area contributed by atoms with Crippen molar-refractivity contribution >= 4 is 34.8 Å². The van der Waals surface area contributed by atoms with Crippen molar-refractivity contribution in [2.24, 2.45) is 5.73 Å². The molecule has 0 saturated heterocycles. The minimum absolute atomic E-state index is 0.455. The highest BCUT2D eigenvalue weighted by molar-refractivity contribution is 6.36. The zero-order chi connectivity index (χ0) is 12.6. The van der Waals surface area contributed by atoms with Crippen LogP contribution in [0, 0.1) is 0 Å². The molecule has 2 N–H and O–H groups in total. The van der Waals surface area contributed by atoms with Crippen LogP contribution in [0.4, 0.5) is 5.69 Å². The first-order chi connectivity index (χ1) is 7.99. The molecular weight excluding hydrogens is 261 g/mol. The Balaban J connectivity index is 2.34. The molecule has 1 aromatic rings. The summed E-state index contributed by atoms with van der Waals surface area (Å²) in [5, 5.41) is 1.11. The molecule has 1 amide bonds. The number of nitrogens with zero attached hydrogens (tertiary/aromatic N) is 2. The molecule has 1 aromatic carbocycles. The van der Waals surface area contributed by atoms with Gasteiger partial charge in [0, 0.05) is 18.3 Å². The number of likely N-dealkylation sites (N-methyl/N-ethyl adjacent to an activating group) is 1. The van der Waals surface area contributed by atoms with Crippen LogP contribution < -0.4 is 10.6 Å². The molecule has 4 nitrogen and oxygen atoms in total. The average Bonchev–Trinajstić information content (AvgIpc) is 2.60. The van der Waals surface area contributed by atoms with Crippen LogP contribution >= 0.6 is 23.2 Å². The van der Waals surface area contributed by atoms with Crippen LogP contribution in [0.5, 0.6) is 0 Å². The lowest BCUT2D eigenvalue weighted by Gasteiger charge is -2.19. The summed E-state index contributed by atoms with van der Waals surface area (Å²) >= 11 is 11.9. The number of carbonyl (C=O) groups excluding carboxylic acids is 1. The number of primary amides is 1. The van der Waals surface area contributed by atoms with Gasteiger partial charge in [-0.1, -0.05) is 23.2 Å². The molecule has 1 heterocycles. The Labute approximate surface area is 109 Å². The number of carbonyl (C=O) groups is 1. The van der Waals surface area contributed by atoms with Gasteiger partial charge >= 0.3 is 0 Å². The lowest BCUT2D eigenvalue weighted by molar-refractivity contribution is -0.115. The second kappa shape index (κ2) is 4.47. The molecular formula is C11H11Cl2N3O. The van der Waals surface area contributed by atoms with Gasteiger partial charge in [0.15, 0.2) is 0 Å². The smallest absolute Gasteiger partial charge is 0.266 e. The minimum atomic E-state index is -0.458. The highest BCUT2D eigenvalue weighted by atomic mass is 35.5. The fraction of sp³-hybridized carbons (Fsp3) is 0.182. The zero-order valence-corrected chi connectivity index (χ0v) is 10.7. The van der Waals surface area contributed by atoms with E-state index in [1.807, 2.05) is 4.90 Å². The number of halogens is 2. The normalized spacial score (nSPS) is 15.1. The third-order valence-corrected chi connectivity index (χ3v) is 3.06. The lowest BCUT2D eigenvalue weighted by Crippen LogP contribution is -2.27. The molecule has 90 valence electrons. The maximum Gasteiger partial charge on any atom is 0.266 e. The molecule has 1 aliphatic heterocycles. The van der Waals surface area contributed by atoms with Crippen molar-refractivity contribution in [3.63, 3.8) is 0 Å².